The molecule has 0 bridgehead atoms. The maximum absolute atomic E-state index is 12.2. The zero-order valence-corrected chi connectivity index (χ0v) is 13.3. The molecule has 1 aliphatic heterocycles. The second-order valence-corrected chi connectivity index (χ2v) is 6.16. The highest BCUT2D eigenvalue weighted by atomic mass is 32.1. The molecule has 1 aliphatic rings. The van der Waals surface area contributed by atoms with Crippen LogP contribution in [0.4, 0.5) is 5.13 Å². The van der Waals surface area contributed by atoms with Crippen molar-refractivity contribution < 1.29 is 19.1 Å². The molecule has 2 heterocycles. The van der Waals surface area contributed by atoms with Gasteiger partial charge in [0.1, 0.15) is 17.4 Å². The molecule has 2 aromatic rings. The van der Waals surface area contributed by atoms with E-state index in [1.807, 2.05) is 12.1 Å². The summed E-state index contributed by atoms with van der Waals surface area (Å²) in [5, 5.41) is 11.6. The quantitative estimate of drug-likeness (QED) is 0.666. The highest BCUT2D eigenvalue weighted by molar-refractivity contribution is 7.15. The second kappa shape index (κ2) is 6.84. The average Bonchev–Trinajstić information content (AvgIpc) is 2.94. The van der Waals surface area contributed by atoms with Gasteiger partial charge in [0.15, 0.2) is 0 Å². The van der Waals surface area contributed by atoms with Crippen molar-refractivity contribution in [3.8, 4) is 5.75 Å². The predicted octanol–water partition coefficient (Wildman–Crippen LogP) is 2.11. The van der Waals surface area contributed by atoms with Gasteiger partial charge in [0.2, 0.25) is 11.0 Å². The molecule has 1 aromatic heterocycles. The summed E-state index contributed by atoms with van der Waals surface area (Å²) < 4.78 is 10.1. The van der Waals surface area contributed by atoms with Crippen LogP contribution in [-0.2, 0) is 20.9 Å². The fourth-order valence-corrected chi connectivity index (χ4v) is 3.18. The Bertz CT molecular complexity index is 731. The third kappa shape index (κ3) is 3.72. The van der Waals surface area contributed by atoms with Gasteiger partial charge in [0.05, 0.1) is 6.42 Å². The Balaban J connectivity index is 1.66. The van der Waals surface area contributed by atoms with Crippen molar-refractivity contribution in [2.45, 2.75) is 25.4 Å². The monoisotopic (exact) mass is 333 g/mol. The van der Waals surface area contributed by atoms with E-state index < -0.39 is 0 Å². The molecule has 0 unspecified atom stereocenters. The first-order chi connectivity index (χ1) is 11.2. The Morgan fingerprint density at radius 3 is 3.09 bits per heavy atom. The number of carbonyl (C=O) groups is 2. The van der Waals surface area contributed by atoms with Crippen molar-refractivity contribution in [3.05, 3.63) is 34.8 Å². The molecule has 1 amide bonds. The third-order valence-corrected chi connectivity index (χ3v) is 4.22. The molecule has 0 spiro atoms. The maximum atomic E-state index is 12.2. The molecular formula is C15H15N3O4S. The highest BCUT2D eigenvalue weighted by Gasteiger charge is 2.28. The summed E-state index contributed by atoms with van der Waals surface area (Å²) in [4.78, 5) is 23.9. The number of aromatic nitrogens is 2. The minimum absolute atomic E-state index is 0.186. The number of carbonyl (C=O) groups excluding carboxylic acids is 2. The smallest absolute Gasteiger partial charge is 0.311 e. The zero-order chi connectivity index (χ0) is 16.2. The van der Waals surface area contributed by atoms with Gasteiger partial charge in [0.25, 0.3) is 0 Å². The van der Waals surface area contributed by atoms with Crippen LogP contribution in [0.25, 0.3) is 0 Å². The van der Waals surface area contributed by atoms with Crippen LogP contribution in [0.2, 0.25) is 0 Å². The van der Waals surface area contributed by atoms with E-state index in [1.165, 1.54) is 11.3 Å². The Labute approximate surface area is 136 Å². The van der Waals surface area contributed by atoms with E-state index in [4.69, 9.17) is 9.47 Å². The van der Waals surface area contributed by atoms with Gasteiger partial charge in [-0.05, 0) is 11.6 Å². The van der Waals surface area contributed by atoms with E-state index in [0.717, 1.165) is 5.56 Å². The highest BCUT2D eigenvalue weighted by Crippen LogP contribution is 2.36. The number of esters is 1. The lowest BCUT2D eigenvalue weighted by molar-refractivity contribution is -0.136. The largest absolute Gasteiger partial charge is 0.426 e. The van der Waals surface area contributed by atoms with E-state index >= 15 is 0 Å². The van der Waals surface area contributed by atoms with Gasteiger partial charge < -0.3 is 14.8 Å². The Morgan fingerprint density at radius 1 is 1.43 bits per heavy atom. The van der Waals surface area contributed by atoms with Gasteiger partial charge in [-0.3, -0.25) is 9.59 Å². The fourth-order valence-electron chi connectivity index (χ4n) is 2.45. The number of para-hydroxylation sites is 1. The molecule has 120 valence electrons. The lowest BCUT2D eigenvalue weighted by Crippen LogP contribution is -2.24. The van der Waals surface area contributed by atoms with Crippen LogP contribution in [0.15, 0.2) is 24.3 Å². The second-order valence-electron chi connectivity index (χ2n) is 5.10. The van der Waals surface area contributed by atoms with Gasteiger partial charge >= 0.3 is 5.97 Å². The molecule has 7 nitrogen and oxygen atoms in total. The summed E-state index contributed by atoms with van der Waals surface area (Å²) in [7, 11) is 1.57. The Hall–Kier alpha value is -2.32. The number of hydrogen-bond donors (Lipinski definition) is 1. The molecule has 0 saturated heterocycles. The standard InChI is InChI=1S/C15H15N3O4S/c1-21-8-13-17-18-15(23-13)16-12(19)6-9-7-14(20)22-11-5-3-2-4-10(9)11/h2-5,9H,6-8H2,1H3,(H,16,18,19)/t9-/m1/s1. The summed E-state index contributed by atoms with van der Waals surface area (Å²) in [5.74, 6) is -0.196. The van der Waals surface area contributed by atoms with E-state index in [0.29, 0.717) is 22.5 Å². The number of benzene rings is 1. The zero-order valence-electron chi connectivity index (χ0n) is 12.4. The molecule has 0 aliphatic carbocycles. The van der Waals surface area contributed by atoms with Crippen molar-refractivity contribution in [1.29, 1.82) is 0 Å². The van der Waals surface area contributed by atoms with Crippen molar-refractivity contribution in [3.63, 3.8) is 0 Å². The molecule has 0 saturated carbocycles. The molecular weight excluding hydrogens is 318 g/mol. The predicted molar refractivity (Wildman–Crippen MR) is 83.3 cm³/mol. The normalized spacial score (nSPS) is 16.6. The van der Waals surface area contributed by atoms with Gasteiger partial charge in [0, 0.05) is 19.4 Å². The number of nitrogens with zero attached hydrogens (tertiary/aromatic N) is 2. The number of fused-ring (bicyclic) bond motifs is 1. The van der Waals surface area contributed by atoms with Gasteiger partial charge in [-0.25, -0.2) is 0 Å². The van der Waals surface area contributed by atoms with Crippen molar-refractivity contribution in [2.75, 3.05) is 12.4 Å². The molecule has 0 radical (unpaired) electrons. The summed E-state index contributed by atoms with van der Waals surface area (Å²) in [5.41, 5.74) is 0.875. The molecule has 8 heteroatoms. The van der Waals surface area contributed by atoms with E-state index in [1.54, 1.807) is 19.2 Å². The molecule has 1 N–H and O–H groups in total. The first kappa shape index (κ1) is 15.6. The molecule has 1 aromatic carbocycles. The molecule has 0 fully saturated rings. The number of rotatable bonds is 5. The number of amides is 1. The van der Waals surface area contributed by atoms with Crippen LogP contribution in [0.1, 0.15) is 29.3 Å². The van der Waals surface area contributed by atoms with E-state index in [-0.39, 0.29) is 30.6 Å². The van der Waals surface area contributed by atoms with Crippen molar-refractivity contribution in [1.82, 2.24) is 10.2 Å². The lowest BCUT2D eigenvalue weighted by atomic mass is 9.90. The van der Waals surface area contributed by atoms with Crippen molar-refractivity contribution >= 4 is 28.3 Å². The number of methoxy groups -OCH3 is 1. The summed E-state index contributed by atoms with van der Waals surface area (Å²) in [6.07, 6.45) is 0.376. The summed E-state index contributed by atoms with van der Waals surface area (Å²) in [6.45, 7) is 0.357. The van der Waals surface area contributed by atoms with Crippen LogP contribution < -0.4 is 10.1 Å². The molecule has 1 atom stereocenters. The number of hydrogen-bond acceptors (Lipinski definition) is 7. The minimum atomic E-state index is -0.320. The van der Waals surface area contributed by atoms with Crippen LogP contribution >= 0.6 is 11.3 Å². The maximum Gasteiger partial charge on any atom is 0.311 e. The minimum Gasteiger partial charge on any atom is -0.426 e. The molecule has 3 rings (SSSR count). The Morgan fingerprint density at radius 2 is 2.26 bits per heavy atom. The average molecular weight is 333 g/mol. The SMILES string of the molecule is COCc1nnc(NC(=O)C[C@@H]2CC(=O)Oc3ccccc32)s1. The topological polar surface area (TPSA) is 90.4 Å². The van der Waals surface area contributed by atoms with Crippen molar-refractivity contribution in [2.24, 2.45) is 0 Å². The first-order valence-electron chi connectivity index (χ1n) is 7.06. The Kier molecular flexibility index (Phi) is 4.63. The van der Waals surface area contributed by atoms with E-state index in [2.05, 4.69) is 15.5 Å². The van der Waals surface area contributed by atoms with Crippen LogP contribution in [0, 0.1) is 0 Å². The lowest BCUT2D eigenvalue weighted by Gasteiger charge is -2.23. The number of ether oxygens (including phenoxy) is 2. The number of anilines is 1. The van der Waals surface area contributed by atoms with Gasteiger partial charge in [-0.1, -0.05) is 29.5 Å². The number of nitrogens with one attached hydrogen (secondary N) is 1. The summed E-state index contributed by atoms with van der Waals surface area (Å²) >= 11 is 1.26. The van der Waals surface area contributed by atoms with Crippen LogP contribution in [0.3, 0.4) is 0 Å². The van der Waals surface area contributed by atoms with Crippen LogP contribution in [-0.4, -0.2) is 29.2 Å². The third-order valence-electron chi connectivity index (χ3n) is 3.41. The fraction of sp³-hybridized carbons (Fsp3) is 0.333. The summed E-state index contributed by atoms with van der Waals surface area (Å²) in [6, 6.07) is 7.28. The molecule has 23 heavy (non-hydrogen) atoms. The van der Waals surface area contributed by atoms with E-state index in [9.17, 15) is 9.59 Å². The van der Waals surface area contributed by atoms with Gasteiger partial charge in [-0.15, -0.1) is 10.2 Å². The van der Waals surface area contributed by atoms with Crippen LogP contribution in [0.5, 0.6) is 5.75 Å². The van der Waals surface area contributed by atoms with Gasteiger partial charge in [-0.2, -0.15) is 0 Å². The first-order valence-corrected chi connectivity index (χ1v) is 7.88.